The van der Waals surface area contributed by atoms with Crippen molar-refractivity contribution in [2.24, 2.45) is 5.84 Å². The van der Waals surface area contributed by atoms with Gasteiger partial charge >= 0.3 is 0 Å². The summed E-state index contributed by atoms with van der Waals surface area (Å²) in [6.45, 7) is 3.93. The minimum absolute atomic E-state index is 0.0776. The zero-order chi connectivity index (χ0) is 13.0. The summed E-state index contributed by atoms with van der Waals surface area (Å²) in [6, 6.07) is 10.4. The van der Waals surface area contributed by atoms with E-state index < -0.39 is 0 Å². The average Bonchev–Trinajstić information content (AvgIpc) is 2.90. The molecule has 4 heteroatoms. The van der Waals surface area contributed by atoms with Crippen molar-refractivity contribution in [2.75, 3.05) is 13.1 Å². The van der Waals surface area contributed by atoms with E-state index in [-0.39, 0.29) is 11.9 Å². The first-order chi connectivity index (χ1) is 8.76. The highest BCUT2D eigenvalue weighted by Crippen LogP contribution is 2.28. The normalized spacial score (nSPS) is 21.8. The number of hydrogen-bond acceptors (Lipinski definition) is 3. The summed E-state index contributed by atoms with van der Waals surface area (Å²) in [6.07, 6.45) is 1.91. The van der Waals surface area contributed by atoms with Crippen molar-refractivity contribution in [3.8, 4) is 0 Å². The van der Waals surface area contributed by atoms with Gasteiger partial charge in [-0.2, -0.15) is 0 Å². The van der Waals surface area contributed by atoms with Crippen LogP contribution in [0.15, 0.2) is 30.3 Å². The number of likely N-dealkylation sites (tertiary alicyclic amines) is 1. The number of nitrogens with one attached hydrogen (secondary N) is 1. The van der Waals surface area contributed by atoms with Gasteiger partial charge in [0.2, 0.25) is 0 Å². The average molecular weight is 247 g/mol. The van der Waals surface area contributed by atoms with E-state index in [1.165, 1.54) is 5.56 Å². The summed E-state index contributed by atoms with van der Waals surface area (Å²) in [5.41, 5.74) is 3.63. The summed E-state index contributed by atoms with van der Waals surface area (Å²) in [5.74, 6) is 5.69. The molecular weight excluding hydrogens is 226 g/mol. The number of carbonyl (C=O) groups is 1. The third kappa shape index (κ3) is 2.71. The van der Waals surface area contributed by atoms with Gasteiger partial charge in [0.25, 0.3) is 5.91 Å². The molecular formula is C14H21N3O. The number of amides is 1. The van der Waals surface area contributed by atoms with Crippen LogP contribution in [0.3, 0.4) is 0 Å². The van der Waals surface area contributed by atoms with Crippen molar-refractivity contribution in [3.63, 3.8) is 0 Å². The second-order valence-electron chi connectivity index (χ2n) is 4.82. The molecule has 0 bridgehead atoms. The molecule has 98 valence electrons. The number of rotatable bonds is 4. The Bertz CT molecular complexity index is 393. The van der Waals surface area contributed by atoms with Gasteiger partial charge in [-0.3, -0.25) is 15.1 Å². The second-order valence-corrected chi connectivity index (χ2v) is 4.82. The highest BCUT2D eigenvalue weighted by Gasteiger charge is 2.31. The summed E-state index contributed by atoms with van der Waals surface area (Å²) in [5, 5.41) is 0. The van der Waals surface area contributed by atoms with Crippen molar-refractivity contribution in [1.82, 2.24) is 10.3 Å². The van der Waals surface area contributed by atoms with Crippen LogP contribution in [0.4, 0.5) is 0 Å². The Kier molecular flexibility index (Phi) is 4.33. The number of hydrazine groups is 1. The van der Waals surface area contributed by atoms with Gasteiger partial charge in [0, 0.05) is 6.54 Å². The lowest BCUT2D eigenvalue weighted by Crippen LogP contribution is -2.47. The van der Waals surface area contributed by atoms with Crippen LogP contribution < -0.4 is 11.3 Å². The number of hydrogen-bond donors (Lipinski definition) is 2. The van der Waals surface area contributed by atoms with Crippen molar-refractivity contribution in [1.29, 1.82) is 0 Å². The monoisotopic (exact) mass is 247 g/mol. The molecule has 1 aromatic rings. The molecule has 1 fully saturated rings. The van der Waals surface area contributed by atoms with Crippen molar-refractivity contribution >= 4 is 5.91 Å². The lowest BCUT2D eigenvalue weighted by Gasteiger charge is -2.25. The number of nitrogens with two attached hydrogens (primary N) is 1. The Labute approximate surface area is 108 Å². The minimum Gasteiger partial charge on any atom is -0.293 e. The van der Waals surface area contributed by atoms with Gasteiger partial charge in [0.1, 0.15) is 0 Å². The van der Waals surface area contributed by atoms with Crippen LogP contribution in [0.2, 0.25) is 0 Å². The number of carbonyl (C=O) groups excluding carboxylic acids is 1. The molecule has 0 aromatic heterocycles. The molecule has 1 saturated heterocycles. The molecule has 18 heavy (non-hydrogen) atoms. The van der Waals surface area contributed by atoms with Crippen molar-refractivity contribution in [3.05, 3.63) is 35.9 Å². The van der Waals surface area contributed by atoms with Gasteiger partial charge in [0.05, 0.1) is 6.04 Å². The van der Waals surface area contributed by atoms with Gasteiger partial charge in [0.15, 0.2) is 0 Å². The van der Waals surface area contributed by atoms with Crippen LogP contribution >= 0.6 is 0 Å². The maximum absolute atomic E-state index is 11.7. The van der Waals surface area contributed by atoms with Gasteiger partial charge in [-0.1, -0.05) is 37.3 Å². The van der Waals surface area contributed by atoms with Gasteiger partial charge in [-0.15, -0.1) is 0 Å². The lowest BCUT2D eigenvalue weighted by molar-refractivity contribution is -0.126. The van der Waals surface area contributed by atoms with E-state index in [1.807, 2.05) is 13.0 Å². The van der Waals surface area contributed by atoms with E-state index in [0.29, 0.717) is 5.92 Å². The van der Waals surface area contributed by atoms with Gasteiger partial charge < -0.3 is 0 Å². The molecule has 0 radical (unpaired) electrons. The minimum atomic E-state index is -0.0938. The van der Waals surface area contributed by atoms with Crippen LogP contribution in [-0.4, -0.2) is 29.9 Å². The Hall–Kier alpha value is -1.39. The Balaban J connectivity index is 2.01. The molecule has 1 aliphatic rings. The van der Waals surface area contributed by atoms with E-state index in [1.54, 1.807) is 0 Å². The largest absolute Gasteiger partial charge is 0.293 e. The molecule has 0 saturated carbocycles. The molecule has 1 aliphatic heterocycles. The van der Waals surface area contributed by atoms with Crippen LogP contribution in [0.1, 0.15) is 31.2 Å². The fourth-order valence-corrected chi connectivity index (χ4v) is 2.77. The van der Waals surface area contributed by atoms with Crippen LogP contribution in [0, 0.1) is 0 Å². The molecule has 3 N–H and O–H groups in total. The van der Waals surface area contributed by atoms with E-state index >= 15 is 0 Å². The SMILES string of the molecule is CCC(C(=O)NN)N1CCC(c2ccccc2)C1. The first-order valence-electron chi connectivity index (χ1n) is 6.55. The third-order valence-electron chi connectivity index (χ3n) is 3.76. The molecule has 4 nitrogen and oxygen atoms in total. The van der Waals surface area contributed by atoms with E-state index in [4.69, 9.17) is 5.84 Å². The summed E-state index contributed by atoms with van der Waals surface area (Å²) in [7, 11) is 0. The molecule has 0 aliphatic carbocycles. The summed E-state index contributed by atoms with van der Waals surface area (Å²) >= 11 is 0. The fourth-order valence-electron chi connectivity index (χ4n) is 2.77. The first-order valence-corrected chi connectivity index (χ1v) is 6.55. The highest BCUT2D eigenvalue weighted by atomic mass is 16.2. The second kappa shape index (κ2) is 5.98. The molecule has 2 rings (SSSR count). The maximum Gasteiger partial charge on any atom is 0.251 e. The van der Waals surface area contributed by atoms with Crippen LogP contribution in [0.25, 0.3) is 0 Å². The Morgan fingerprint density at radius 2 is 2.22 bits per heavy atom. The van der Waals surface area contributed by atoms with E-state index in [9.17, 15) is 4.79 Å². The molecule has 1 aromatic carbocycles. The smallest absolute Gasteiger partial charge is 0.251 e. The maximum atomic E-state index is 11.7. The highest BCUT2D eigenvalue weighted by molar-refractivity contribution is 5.81. The third-order valence-corrected chi connectivity index (χ3v) is 3.76. The zero-order valence-electron chi connectivity index (χ0n) is 10.8. The zero-order valence-corrected chi connectivity index (χ0v) is 10.8. The first kappa shape index (κ1) is 13.1. The standard InChI is InChI=1S/C14H21N3O/c1-2-13(14(18)16-15)17-9-8-12(10-17)11-6-4-3-5-7-11/h3-7,12-13H,2,8-10,15H2,1H3,(H,16,18). The molecule has 1 amide bonds. The Morgan fingerprint density at radius 3 is 2.83 bits per heavy atom. The topological polar surface area (TPSA) is 58.4 Å². The number of nitrogens with zero attached hydrogens (tertiary/aromatic N) is 1. The van der Waals surface area contributed by atoms with E-state index in [2.05, 4.69) is 34.6 Å². The molecule has 1 heterocycles. The van der Waals surface area contributed by atoms with Crippen molar-refractivity contribution < 1.29 is 4.79 Å². The van der Waals surface area contributed by atoms with Crippen LogP contribution in [0.5, 0.6) is 0 Å². The van der Waals surface area contributed by atoms with Gasteiger partial charge in [-0.25, -0.2) is 5.84 Å². The van der Waals surface area contributed by atoms with Crippen LogP contribution in [-0.2, 0) is 4.79 Å². The molecule has 2 atom stereocenters. The molecule has 0 spiro atoms. The van der Waals surface area contributed by atoms with Gasteiger partial charge in [-0.05, 0) is 30.9 Å². The Morgan fingerprint density at radius 1 is 1.50 bits per heavy atom. The molecule has 2 unspecified atom stereocenters. The predicted octanol–water partition coefficient (Wildman–Crippen LogP) is 1.24. The number of benzene rings is 1. The fraction of sp³-hybridized carbons (Fsp3) is 0.500. The van der Waals surface area contributed by atoms with Crippen molar-refractivity contribution in [2.45, 2.75) is 31.7 Å². The summed E-state index contributed by atoms with van der Waals surface area (Å²) < 4.78 is 0. The quantitative estimate of drug-likeness (QED) is 0.478. The lowest BCUT2D eigenvalue weighted by atomic mass is 9.99. The predicted molar refractivity (Wildman–Crippen MR) is 71.8 cm³/mol. The van der Waals surface area contributed by atoms with E-state index in [0.717, 1.165) is 25.9 Å². The summed E-state index contributed by atoms with van der Waals surface area (Å²) in [4.78, 5) is 13.9.